The summed E-state index contributed by atoms with van der Waals surface area (Å²) in [7, 11) is -5.57. The molecule has 19 heteroatoms. The molecule has 0 aliphatic carbocycles. The Morgan fingerprint density at radius 3 is 1.94 bits per heavy atom. The zero-order chi connectivity index (χ0) is 51.2. The van der Waals surface area contributed by atoms with Crippen LogP contribution in [-0.2, 0) is 68.9 Å². The quantitative estimate of drug-likeness (QED) is 0.0395. The Kier molecular flexibility index (Phi) is 21.1. The molecule has 0 saturated carbocycles. The normalized spacial score (nSPS) is 18.3. The number of rotatable bonds is 24. The summed E-state index contributed by atoms with van der Waals surface area (Å²) in [5.74, 6) is -4.04. The van der Waals surface area contributed by atoms with E-state index < -0.39 is 103 Å². The number of ether oxygens (including phenoxy) is 3. The molecule has 6 atom stereocenters. The lowest BCUT2D eigenvalue weighted by molar-refractivity contribution is -0.163. The molecule has 1 fully saturated rings. The van der Waals surface area contributed by atoms with Gasteiger partial charge >= 0.3 is 25.2 Å². The number of carbonyl (C=O) groups is 6. The van der Waals surface area contributed by atoms with E-state index in [1.807, 2.05) is 51.1 Å². The topological polar surface area (TPSA) is 219 Å². The van der Waals surface area contributed by atoms with Crippen LogP contribution in [0.2, 0.25) is 0 Å². The summed E-state index contributed by atoms with van der Waals surface area (Å²) in [6.07, 6.45) is 2.46. The van der Waals surface area contributed by atoms with Crippen LogP contribution in [0.5, 0.6) is 0 Å². The number of benzene rings is 2. The van der Waals surface area contributed by atoms with Crippen molar-refractivity contribution < 1.29 is 65.4 Å². The first-order valence-electron chi connectivity index (χ1n) is 22.9. The third-order valence-electron chi connectivity index (χ3n) is 11.6. The average Bonchev–Trinajstić information content (AvgIpc) is 3.57. The van der Waals surface area contributed by atoms with E-state index in [-0.39, 0.29) is 44.2 Å². The first kappa shape index (κ1) is 57.3. The number of nitrogens with zero attached hydrogens (tertiary/aromatic N) is 1. The standard InChI is InChI=1S/C49H71F2N4O12P/c1-12-13-19-39(44(59)55-27-32(3)33(4)42(55)43(58)54-38(24-25-40(52)56)34(5)63-28-35-17-15-14-16-18-35)53-41(57)26-31(2)36-20-22-37(23-21-36)49(50,51)68(62,66-29-64-45(60)47(6,7)8)67-30-65-46(61)48(9,10)11/h14-18,20-23,26,32-34,38-39,42H,12-13,19,24-25,27-30H2,1-11H3,(H2,52,56)(H,53,57)(H,54,58)/b31-26+/t32-,33?,34+,38-,39-,42+/m0/s1. The highest BCUT2D eigenvalue weighted by molar-refractivity contribution is 7.54. The van der Waals surface area contributed by atoms with Gasteiger partial charge in [0.2, 0.25) is 37.2 Å². The van der Waals surface area contributed by atoms with Crippen LogP contribution in [0.3, 0.4) is 0 Å². The number of carbonyl (C=O) groups excluding carboxylic acids is 6. The van der Waals surface area contributed by atoms with E-state index >= 15 is 8.78 Å². The number of primary amides is 1. The Hall–Kier alpha value is -5.03. The zero-order valence-corrected chi connectivity index (χ0v) is 42.1. The maximum absolute atomic E-state index is 16.1. The van der Waals surface area contributed by atoms with Crippen molar-refractivity contribution in [1.82, 2.24) is 15.5 Å². The van der Waals surface area contributed by atoms with Gasteiger partial charge in [-0.1, -0.05) is 88.2 Å². The van der Waals surface area contributed by atoms with Gasteiger partial charge in [-0.25, -0.2) is 0 Å². The van der Waals surface area contributed by atoms with E-state index in [1.165, 1.54) is 64.7 Å². The number of unbranched alkanes of at least 4 members (excludes halogenated alkanes) is 1. The van der Waals surface area contributed by atoms with E-state index in [1.54, 1.807) is 13.8 Å². The van der Waals surface area contributed by atoms with Gasteiger partial charge in [0, 0.05) is 24.6 Å². The minimum absolute atomic E-state index is 0.000246. The number of halogens is 2. The van der Waals surface area contributed by atoms with Crippen molar-refractivity contribution in [2.24, 2.45) is 28.4 Å². The summed E-state index contributed by atoms with van der Waals surface area (Å²) in [6, 6.07) is 11.4. The Balaban J connectivity index is 1.82. The summed E-state index contributed by atoms with van der Waals surface area (Å²) in [5, 5.41) is 5.84. The molecule has 1 aliphatic rings. The molecule has 2 aromatic carbocycles. The number of hydrogen-bond acceptors (Lipinski definition) is 12. The molecule has 0 bridgehead atoms. The highest BCUT2D eigenvalue weighted by atomic mass is 31.2. The number of likely N-dealkylation sites (tertiary alicyclic amines) is 1. The van der Waals surface area contributed by atoms with E-state index in [0.29, 0.717) is 24.0 Å². The van der Waals surface area contributed by atoms with Crippen molar-refractivity contribution in [3.8, 4) is 0 Å². The van der Waals surface area contributed by atoms with Crippen molar-refractivity contribution in [1.29, 1.82) is 0 Å². The van der Waals surface area contributed by atoms with Gasteiger partial charge in [0.05, 0.1) is 29.6 Å². The zero-order valence-electron chi connectivity index (χ0n) is 41.2. The molecule has 4 N–H and O–H groups in total. The Labute approximate surface area is 399 Å². The molecule has 1 heterocycles. The summed E-state index contributed by atoms with van der Waals surface area (Å²) in [5.41, 5.74) is -0.194. The summed E-state index contributed by atoms with van der Waals surface area (Å²) in [6.45, 7) is 16.4. The van der Waals surface area contributed by atoms with Gasteiger partial charge in [0.1, 0.15) is 12.1 Å². The average molecular weight is 977 g/mol. The van der Waals surface area contributed by atoms with E-state index in [9.17, 15) is 33.3 Å². The SMILES string of the molecule is CCCC[C@H](NC(=O)/C=C(\C)c1ccc(C(F)(F)P(=O)(OCOC(=O)C(C)(C)C)OCOC(=O)C(C)(C)C)cc1)C(=O)N1C[C@H](C)C(C)[C@@H]1C(=O)N[C@@H](CCC(N)=O)[C@@H](C)OCc1ccccc1. The number of hydrogen-bond donors (Lipinski definition) is 3. The van der Waals surface area contributed by atoms with Crippen LogP contribution in [0.1, 0.15) is 125 Å². The maximum atomic E-state index is 16.1. The number of nitrogens with two attached hydrogens (primary N) is 1. The molecule has 1 unspecified atom stereocenters. The fourth-order valence-corrected chi connectivity index (χ4v) is 8.33. The molecular weight excluding hydrogens is 906 g/mol. The second-order valence-corrected chi connectivity index (χ2v) is 21.5. The minimum Gasteiger partial charge on any atom is -0.438 e. The van der Waals surface area contributed by atoms with Crippen LogP contribution >= 0.6 is 7.60 Å². The van der Waals surface area contributed by atoms with Crippen molar-refractivity contribution >= 4 is 48.7 Å². The molecule has 0 aromatic heterocycles. The van der Waals surface area contributed by atoms with Gasteiger partial charge in [0.15, 0.2) is 0 Å². The van der Waals surface area contributed by atoms with Crippen LogP contribution in [0.4, 0.5) is 8.78 Å². The third kappa shape index (κ3) is 16.3. The second-order valence-electron chi connectivity index (χ2n) is 19.4. The minimum atomic E-state index is -5.57. The van der Waals surface area contributed by atoms with E-state index in [2.05, 4.69) is 10.6 Å². The lowest BCUT2D eigenvalue weighted by Gasteiger charge is -2.32. The smallest absolute Gasteiger partial charge is 0.410 e. The molecule has 16 nitrogen and oxygen atoms in total. The molecule has 68 heavy (non-hydrogen) atoms. The van der Waals surface area contributed by atoms with Gasteiger partial charge in [0.25, 0.3) is 0 Å². The van der Waals surface area contributed by atoms with Crippen LogP contribution in [0.25, 0.3) is 5.57 Å². The molecule has 2 aromatic rings. The van der Waals surface area contributed by atoms with Crippen molar-refractivity contribution in [2.75, 3.05) is 20.1 Å². The van der Waals surface area contributed by atoms with E-state index in [4.69, 9.17) is 29.0 Å². The molecule has 1 aliphatic heterocycles. The van der Waals surface area contributed by atoms with Gasteiger partial charge in [-0.05, 0) is 96.8 Å². The molecule has 0 spiro atoms. The molecule has 378 valence electrons. The van der Waals surface area contributed by atoms with Crippen LogP contribution in [0.15, 0.2) is 60.7 Å². The Morgan fingerprint density at radius 1 is 0.868 bits per heavy atom. The molecule has 1 saturated heterocycles. The molecule has 0 radical (unpaired) electrons. The lowest BCUT2D eigenvalue weighted by Crippen LogP contribution is -2.56. The highest BCUT2D eigenvalue weighted by Gasteiger charge is 2.56. The predicted molar refractivity (Wildman–Crippen MR) is 251 cm³/mol. The Morgan fingerprint density at radius 2 is 1.43 bits per heavy atom. The van der Waals surface area contributed by atoms with Gasteiger partial charge < -0.3 is 35.5 Å². The molecule has 4 amide bonds. The monoisotopic (exact) mass is 976 g/mol. The number of amides is 4. The predicted octanol–water partition coefficient (Wildman–Crippen LogP) is 7.97. The fraction of sp³-hybridized carbons (Fsp3) is 0.592. The number of nitrogens with one attached hydrogen (secondary N) is 2. The summed E-state index contributed by atoms with van der Waals surface area (Å²) >= 11 is 0. The van der Waals surface area contributed by atoms with Crippen LogP contribution < -0.4 is 16.4 Å². The first-order valence-corrected chi connectivity index (χ1v) is 24.4. The van der Waals surface area contributed by atoms with Crippen molar-refractivity contribution in [3.63, 3.8) is 0 Å². The number of esters is 2. The largest absolute Gasteiger partial charge is 0.438 e. The van der Waals surface area contributed by atoms with Crippen LogP contribution in [-0.4, -0.2) is 84.8 Å². The lowest BCUT2D eigenvalue weighted by atomic mass is 9.93. The molecule has 3 rings (SSSR count). The van der Waals surface area contributed by atoms with Gasteiger partial charge in [-0.2, -0.15) is 8.78 Å². The first-order chi connectivity index (χ1) is 31.6. The fourth-order valence-electron chi connectivity index (χ4n) is 7.08. The third-order valence-corrected chi connectivity index (χ3v) is 13.4. The van der Waals surface area contributed by atoms with Gasteiger partial charge in [-0.15, -0.1) is 0 Å². The number of allylic oxidation sites excluding steroid dienone is 1. The van der Waals surface area contributed by atoms with Crippen molar-refractivity contribution in [3.05, 3.63) is 77.4 Å². The second kappa shape index (κ2) is 25.0. The van der Waals surface area contributed by atoms with Crippen LogP contribution in [0, 0.1) is 22.7 Å². The number of alkyl halides is 2. The molecular formula is C49H71F2N4O12P. The maximum Gasteiger partial charge on any atom is 0.410 e. The summed E-state index contributed by atoms with van der Waals surface area (Å²) < 4.78 is 71.9. The Bertz CT molecular complexity index is 2090. The van der Waals surface area contributed by atoms with Crippen molar-refractivity contribution in [2.45, 2.75) is 145 Å². The van der Waals surface area contributed by atoms with Gasteiger partial charge in [-0.3, -0.25) is 42.4 Å². The summed E-state index contributed by atoms with van der Waals surface area (Å²) in [4.78, 5) is 80.1. The van der Waals surface area contributed by atoms with E-state index in [0.717, 1.165) is 17.7 Å². The highest BCUT2D eigenvalue weighted by Crippen LogP contribution is 2.67.